The van der Waals surface area contributed by atoms with Gasteiger partial charge in [0.2, 0.25) is 0 Å². The van der Waals surface area contributed by atoms with E-state index >= 15 is 0 Å². The molecule has 0 N–H and O–H groups in total. The van der Waals surface area contributed by atoms with Gasteiger partial charge in [0.15, 0.2) is 6.29 Å². The van der Waals surface area contributed by atoms with Gasteiger partial charge in [-0.05, 0) is 6.07 Å². The molecule has 0 amide bonds. The van der Waals surface area contributed by atoms with E-state index < -0.39 is 12.1 Å². The Morgan fingerprint density at radius 1 is 1.57 bits per heavy atom. The Kier molecular flexibility index (Phi) is 3.77. The van der Waals surface area contributed by atoms with Crippen molar-refractivity contribution in [3.63, 3.8) is 0 Å². The standard InChI is InChI=1S/C8H5Cl2F2NO/c9-2-5-6(10)1-4(3-14)13-7(5)8(11)12/h1,3,8H,2H2. The van der Waals surface area contributed by atoms with Crippen molar-refractivity contribution in [2.45, 2.75) is 12.3 Å². The van der Waals surface area contributed by atoms with E-state index in [4.69, 9.17) is 23.2 Å². The molecule has 0 aliphatic heterocycles. The van der Waals surface area contributed by atoms with Crippen LogP contribution in [0, 0.1) is 0 Å². The summed E-state index contributed by atoms with van der Waals surface area (Å²) in [7, 11) is 0. The Morgan fingerprint density at radius 3 is 2.64 bits per heavy atom. The summed E-state index contributed by atoms with van der Waals surface area (Å²) in [4.78, 5) is 13.8. The molecule has 0 saturated carbocycles. The molecule has 0 saturated heterocycles. The first kappa shape index (κ1) is 11.3. The molecule has 0 bridgehead atoms. The van der Waals surface area contributed by atoms with Gasteiger partial charge in [-0.1, -0.05) is 11.6 Å². The number of alkyl halides is 3. The number of aromatic nitrogens is 1. The number of pyridine rings is 1. The molecular formula is C8H5Cl2F2NO. The normalized spacial score (nSPS) is 10.6. The molecule has 0 atom stereocenters. The zero-order valence-corrected chi connectivity index (χ0v) is 8.32. The van der Waals surface area contributed by atoms with Crippen LogP contribution in [0.2, 0.25) is 5.02 Å². The molecule has 2 nitrogen and oxygen atoms in total. The lowest BCUT2D eigenvalue weighted by Gasteiger charge is -2.07. The third-order valence-corrected chi connectivity index (χ3v) is 2.19. The Morgan fingerprint density at radius 2 is 2.21 bits per heavy atom. The van der Waals surface area contributed by atoms with Crippen molar-refractivity contribution in [1.82, 2.24) is 4.98 Å². The van der Waals surface area contributed by atoms with Crippen LogP contribution in [0.5, 0.6) is 0 Å². The lowest BCUT2D eigenvalue weighted by Crippen LogP contribution is -2.01. The Bertz CT molecular complexity index is 357. The van der Waals surface area contributed by atoms with Crippen LogP contribution in [0.25, 0.3) is 0 Å². The first-order valence-electron chi connectivity index (χ1n) is 3.58. The molecule has 1 aromatic heterocycles. The fourth-order valence-corrected chi connectivity index (χ4v) is 1.58. The number of nitrogens with zero attached hydrogens (tertiary/aromatic N) is 1. The van der Waals surface area contributed by atoms with Crippen LogP contribution in [0.3, 0.4) is 0 Å². The van der Waals surface area contributed by atoms with E-state index in [2.05, 4.69) is 4.98 Å². The van der Waals surface area contributed by atoms with Gasteiger partial charge < -0.3 is 0 Å². The first-order chi connectivity index (χ1) is 6.60. The molecule has 0 aliphatic rings. The topological polar surface area (TPSA) is 30.0 Å². The van der Waals surface area contributed by atoms with E-state index in [9.17, 15) is 13.6 Å². The lowest BCUT2D eigenvalue weighted by atomic mass is 10.2. The smallest absolute Gasteiger partial charge is 0.280 e. The number of aldehydes is 1. The summed E-state index contributed by atoms with van der Waals surface area (Å²) in [5.41, 5.74) is -0.595. The number of halogens is 4. The Hall–Kier alpha value is -0.740. The lowest BCUT2D eigenvalue weighted by molar-refractivity contribution is 0.111. The largest absolute Gasteiger partial charge is 0.296 e. The molecular weight excluding hydrogens is 235 g/mol. The predicted octanol–water partition coefficient (Wildman–Crippen LogP) is 3.22. The highest BCUT2D eigenvalue weighted by Crippen LogP contribution is 2.28. The summed E-state index contributed by atoms with van der Waals surface area (Å²) in [6.45, 7) is 0. The average Bonchev–Trinajstić information content (AvgIpc) is 2.16. The fraction of sp³-hybridized carbons (Fsp3) is 0.250. The third kappa shape index (κ3) is 2.19. The van der Waals surface area contributed by atoms with Crippen LogP contribution in [0.4, 0.5) is 8.78 Å². The summed E-state index contributed by atoms with van der Waals surface area (Å²) in [5.74, 6) is -0.162. The molecule has 6 heteroatoms. The van der Waals surface area contributed by atoms with Gasteiger partial charge in [-0.3, -0.25) is 4.79 Å². The van der Waals surface area contributed by atoms with Gasteiger partial charge in [-0.2, -0.15) is 0 Å². The van der Waals surface area contributed by atoms with Crippen LogP contribution in [-0.4, -0.2) is 11.3 Å². The molecule has 0 fully saturated rings. The van der Waals surface area contributed by atoms with Crippen LogP contribution in [0.1, 0.15) is 28.2 Å². The van der Waals surface area contributed by atoms with Crippen molar-refractivity contribution in [1.29, 1.82) is 0 Å². The zero-order valence-electron chi connectivity index (χ0n) is 6.81. The van der Waals surface area contributed by atoms with E-state index in [0.29, 0.717) is 6.29 Å². The van der Waals surface area contributed by atoms with Crippen LogP contribution < -0.4 is 0 Å². The molecule has 14 heavy (non-hydrogen) atoms. The van der Waals surface area contributed by atoms with Crippen LogP contribution >= 0.6 is 23.2 Å². The Labute approximate surface area is 88.8 Å². The SMILES string of the molecule is O=Cc1cc(Cl)c(CCl)c(C(F)F)n1. The van der Waals surface area contributed by atoms with Crippen LogP contribution in [0.15, 0.2) is 6.07 Å². The number of rotatable bonds is 3. The summed E-state index contributed by atoms with van der Waals surface area (Å²) >= 11 is 11.1. The van der Waals surface area contributed by atoms with Crippen molar-refractivity contribution in [2.24, 2.45) is 0 Å². The van der Waals surface area contributed by atoms with Crippen molar-refractivity contribution in [3.8, 4) is 0 Å². The number of hydrogen-bond acceptors (Lipinski definition) is 2. The molecule has 1 rings (SSSR count). The minimum atomic E-state index is -2.79. The highest BCUT2D eigenvalue weighted by atomic mass is 35.5. The second-order valence-electron chi connectivity index (χ2n) is 2.44. The maximum atomic E-state index is 12.4. The van der Waals surface area contributed by atoms with E-state index in [0.717, 1.165) is 0 Å². The summed E-state index contributed by atoms with van der Waals surface area (Å²) in [5, 5.41) is 0.0346. The van der Waals surface area contributed by atoms with E-state index in [1.165, 1.54) is 6.07 Å². The van der Waals surface area contributed by atoms with Gasteiger partial charge >= 0.3 is 0 Å². The summed E-state index contributed by atoms with van der Waals surface area (Å²) in [6.07, 6.45) is -2.43. The fourth-order valence-electron chi connectivity index (χ4n) is 0.951. The van der Waals surface area contributed by atoms with Crippen molar-refractivity contribution in [3.05, 3.63) is 28.0 Å². The Balaban J connectivity index is 3.35. The second-order valence-corrected chi connectivity index (χ2v) is 3.12. The molecule has 0 unspecified atom stereocenters. The van der Waals surface area contributed by atoms with Gasteiger partial charge in [0.25, 0.3) is 6.43 Å². The molecule has 0 radical (unpaired) electrons. The van der Waals surface area contributed by atoms with E-state index in [1.807, 2.05) is 0 Å². The highest BCUT2D eigenvalue weighted by Gasteiger charge is 2.18. The predicted molar refractivity (Wildman–Crippen MR) is 49.1 cm³/mol. The molecule has 76 valence electrons. The number of hydrogen-bond donors (Lipinski definition) is 0. The third-order valence-electron chi connectivity index (χ3n) is 1.58. The second kappa shape index (κ2) is 4.66. The molecule has 0 aromatic carbocycles. The molecule has 1 aromatic rings. The maximum absolute atomic E-state index is 12.4. The number of carbonyl (C=O) groups is 1. The van der Waals surface area contributed by atoms with Crippen LogP contribution in [-0.2, 0) is 5.88 Å². The maximum Gasteiger partial charge on any atom is 0.280 e. The first-order valence-corrected chi connectivity index (χ1v) is 4.50. The van der Waals surface area contributed by atoms with E-state index in [-0.39, 0.29) is 22.2 Å². The quantitative estimate of drug-likeness (QED) is 0.599. The van der Waals surface area contributed by atoms with Gasteiger partial charge in [-0.25, -0.2) is 13.8 Å². The van der Waals surface area contributed by atoms with Gasteiger partial charge in [-0.15, -0.1) is 11.6 Å². The van der Waals surface area contributed by atoms with Crippen molar-refractivity contribution in [2.75, 3.05) is 0 Å². The van der Waals surface area contributed by atoms with Crippen molar-refractivity contribution < 1.29 is 13.6 Å². The minimum absolute atomic E-state index is 0.0346. The molecule has 0 spiro atoms. The average molecular weight is 240 g/mol. The number of carbonyl (C=O) groups excluding carboxylic acids is 1. The highest BCUT2D eigenvalue weighted by molar-refractivity contribution is 6.32. The zero-order chi connectivity index (χ0) is 10.7. The molecule has 0 aliphatic carbocycles. The van der Waals surface area contributed by atoms with Gasteiger partial charge in [0, 0.05) is 10.6 Å². The molecule has 1 heterocycles. The summed E-state index contributed by atoms with van der Waals surface area (Å²) < 4.78 is 24.8. The van der Waals surface area contributed by atoms with Crippen molar-refractivity contribution >= 4 is 29.5 Å². The van der Waals surface area contributed by atoms with Gasteiger partial charge in [0.1, 0.15) is 11.4 Å². The minimum Gasteiger partial charge on any atom is -0.296 e. The summed E-state index contributed by atoms with van der Waals surface area (Å²) in [6, 6.07) is 1.21. The van der Waals surface area contributed by atoms with E-state index in [1.54, 1.807) is 0 Å². The van der Waals surface area contributed by atoms with Gasteiger partial charge in [0.05, 0.1) is 5.88 Å². The monoisotopic (exact) mass is 239 g/mol.